The number of carboxylic acid groups (broad SMARTS) is 2. The van der Waals surface area contributed by atoms with Gasteiger partial charge in [0.1, 0.15) is 23.2 Å². The van der Waals surface area contributed by atoms with Gasteiger partial charge in [0.25, 0.3) is 5.91 Å². The largest absolute Gasteiger partial charge is 0.509 e. The summed E-state index contributed by atoms with van der Waals surface area (Å²) in [4.78, 5) is 46.9. The molecular formula is C14H19N3O7S. The number of nitrogens with two attached hydrogens (primary N) is 1. The first-order valence-corrected chi connectivity index (χ1v) is 8.52. The van der Waals surface area contributed by atoms with Gasteiger partial charge in [0.15, 0.2) is 5.70 Å². The summed E-state index contributed by atoms with van der Waals surface area (Å²) >= 11 is 1.17. The zero-order valence-corrected chi connectivity index (χ0v) is 14.2. The van der Waals surface area contributed by atoms with E-state index in [9.17, 15) is 29.4 Å². The number of amides is 2. The second-order valence-corrected chi connectivity index (χ2v) is 7.26. The number of aliphatic hydroxyl groups is 1. The van der Waals surface area contributed by atoms with Gasteiger partial charge in [-0.15, -0.1) is 11.8 Å². The van der Waals surface area contributed by atoms with E-state index in [4.69, 9.17) is 10.8 Å². The molecule has 0 aromatic carbocycles. The second-order valence-electron chi connectivity index (χ2n) is 5.80. The lowest BCUT2D eigenvalue weighted by atomic mass is 10.0. The van der Waals surface area contributed by atoms with Crippen molar-refractivity contribution in [1.29, 1.82) is 0 Å². The van der Waals surface area contributed by atoms with E-state index in [2.05, 4.69) is 5.32 Å². The number of nitrogens with zero attached hydrogens (tertiary/aromatic N) is 1. The molecule has 0 bridgehead atoms. The van der Waals surface area contributed by atoms with Crippen LogP contribution in [-0.4, -0.2) is 66.7 Å². The van der Waals surface area contributed by atoms with Crippen molar-refractivity contribution in [3.05, 3.63) is 11.5 Å². The lowest BCUT2D eigenvalue weighted by Crippen LogP contribution is -2.71. The lowest BCUT2D eigenvalue weighted by Gasteiger charge is -2.49. The molecule has 0 aromatic rings. The molecule has 2 aliphatic rings. The maximum absolute atomic E-state index is 12.2. The molecule has 11 heteroatoms. The van der Waals surface area contributed by atoms with Gasteiger partial charge < -0.3 is 26.4 Å². The predicted octanol–water partition coefficient (Wildman–Crippen LogP) is -0.789. The van der Waals surface area contributed by atoms with Crippen LogP contribution < -0.4 is 11.1 Å². The third-order valence-electron chi connectivity index (χ3n) is 4.01. The Morgan fingerprint density at radius 2 is 2.00 bits per heavy atom. The Balaban J connectivity index is 1.94. The molecule has 0 radical (unpaired) electrons. The van der Waals surface area contributed by atoms with Gasteiger partial charge in [-0.05, 0) is 19.8 Å². The van der Waals surface area contributed by atoms with Crippen molar-refractivity contribution in [2.24, 2.45) is 5.73 Å². The highest BCUT2D eigenvalue weighted by molar-refractivity contribution is 8.00. The number of rotatable bonds is 7. The van der Waals surface area contributed by atoms with E-state index in [1.807, 2.05) is 0 Å². The normalized spacial score (nSPS) is 26.6. The van der Waals surface area contributed by atoms with Gasteiger partial charge in [-0.1, -0.05) is 0 Å². The number of carbonyl (C=O) groups excluding carboxylic acids is 2. The van der Waals surface area contributed by atoms with Gasteiger partial charge in [-0.25, -0.2) is 4.79 Å². The summed E-state index contributed by atoms with van der Waals surface area (Å²) in [7, 11) is 0. The molecule has 10 nitrogen and oxygen atoms in total. The summed E-state index contributed by atoms with van der Waals surface area (Å²) < 4.78 is 0. The fourth-order valence-corrected chi connectivity index (χ4v) is 3.96. The number of fused-ring (bicyclic) bond motifs is 1. The third-order valence-corrected chi connectivity index (χ3v) is 5.40. The maximum atomic E-state index is 12.2. The van der Waals surface area contributed by atoms with Crippen molar-refractivity contribution >= 4 is 35.5 Å². The van der Waals surface area contributed by atoms with Crippen LogP contribution in [0.5, 0.6) is 0 Å². The number of nitrogens with one attached hydrogen (secondary N) is 1. The number of hydrogen-bond donors (Lipinski definition) is 5. The Bertz CT molecular complexity index is 650. The molecular weight excluding hydrogens is 354 g/mol. The molecule has 0 saturated carbocycles. The number of carbonyl (C=O) groups is 4. The topological polar surface area (TPSA) is 170 Å². The quantitative estimate of drug-likeness (QED) is 0.359. The van der Waals surface area contributed by atoms with Gasteiger partial charge in [0.2, 0.25) is 5.91 Å². The maximum Gasteiger partial charge on any atom is 0.356 e. The fourth-order valence-electron chi connectivity index (χ4n) is 2.63. The molecule has 0 aromatic heterocycles. The number of aliphatic hydroxyl groups excluding tert-OH is 1. The molecule has 4 atom stereocenters. The van der Waals surface area contributed by atoms with Crippen molar-refractivity contribution in [3.63, 3.8) is 0 Å². The van der Waals surface area contributed by atoms with E-state index in [0.717, 1.165) is 4.90 Å². The number of hydrogen-bond acceptors (Lipinski definition) is 7. The molecule has 1 fully saturated rings. The van der Waals surface area contributed by atoms with Crippen molar-refractivity contribution in [2.45, 2.75) is 48.9 Å². The number of aliphatic carboxylic acids is 2. The Morgan fingerprint density at radius 1 is 1.36 bits per heavy atom. The van der Waals surface area contributed by atoms with Gasteiger partial charge in [0.05, 0.1) is 5.25 Å². The Morgan fingerprint density at radius 3 is 2.56 bits per heavy atom. The average Bonchev–Trinajstić information content (AvgIpc) is 2.54. The van der Waals surface area contributed by atoms with Gasteiger partial charge in [-0.3, -0.25) is 19.3 Å². The minimum absolute atomic E-state index is 0.00454. The summed E-state index contributed by atoms with van der Waals surface area (Å²) in [5.74, 6) is -3.99. The van der Waals surface area contributed by atoms with Crippen LogP contribution in [0.4, 0.5) is 0 Å². The van der Waals surface area contributed by atoms with Crippen molar-refractivity contribution in [2.75, 3.05) is 0 Å². The van der Waals surface area contributed by atoms with Gasteiger partial charge in [-0.2, -0.15) is 0 Å². The Kier molecular flexibility index (Phi) is 5.58. The number of thioether (sulfide) groups is 1. The Labute approximate surface area is 147 Å². The lowest BCUT2D eigenvalue weighted by molar-refractivity contribution is -0.151. The second kappa shape index (κ2) is 7.31. The molecule has 138 valence electrons. The monoisotopic (exact) mass is 373 g/mol. The minimum atomic E-state index is -1.41. The first-order valence-electron chi connectivity index (χ1n) is 7.57. The summed E-state index contributed by atoms with van der Waals surface area (Å²) in [6, 6.07) is -1.93. The van der Waals surface area contributed by atoms with Crippen LogP contribution in [0.3, 0.4) is 0 Å². The van der Waals surface area contributed by atoms with Crippen LogP contribution in [-0.2, 0) is 19.2 Å². The van der Waals surface area contributed by atoms with Crippen LogP contribution in [0, 0.1) is 0 Å². The summed E-state index contributed by atoms with van der Waals surface area (Å²) in [6.45, 7) is 1.61. The van der Waals surface area contributed by atoms with E-state index in [1.54, 1.807) is 6.92 Å². The van der Waals surface area contributed by atoms with E-state index in [0.29, 0.717) is 0 Å². The zero-order chi connectivity index (χ0) is 18.9. The van der Waals surface area contributed by atoms with Gasteiger partial charge >= 0.3 is 11.9 Å². The van der Waals surface area contributed by atoms with E-state index >= 15 is 0 Å². The molecule has 2 amide bonds. The first-order chi connectivity index (χ1) is 11.6. The highest BCUT2D eigenvalue weighted by Crippen LogP contribution is 2.43. The van der Waals surface area contributed by atoms with E-state index in [-0.39, 0.29) is 25.0 Å². The standard InChI is InChI=1S/C14H19N3O7S/c1-5-10(19)9(14(23)24)17-11(20)8(12(17)25-5)16-7(18)4-2-3-6(15)13(21)22/h5-6,8,12,19H,2-4,15H2,1H3,(H,16,18)(H,21,22)(H,23,24)/t5?,6-,8-,12-/m1/s1. The van der Waals surface area contributed by atoms with Crippen molar-refractivity contribution in [1.82, 2.24) is 10.2 Å². The summed E-state index contributed by atoms with van der Waals surface area (Å²) in [6.07, 6.45) is 0.381. The minimum Gasteiger partial charge on any atom is -0.509 e. The van der Waals surface area contributed by atoms with E-state index < -0.39 is 52.2 Å². The Hall–Kier alpha value is -2.27. The molecule has 1 saturated heterocycles. The highest BCUT2D eigenvalue weighted by atomic mass is 32.2. The molecule has 2 aliphatic heterocycles. The molecule has 0 aliphatic carbocycles. The highest BCUT2D eigenvalue weighted by Gasteiger charge is 2.55. The molecule has 6 N–H and O–H groups in total. The van der Waals surface area contributed by atoms with Crippen molar-refractivity contribution < 1.29 is 34.5 Å². The van der Waals surface area contributed by atoms with Crippen LogP contribution in [0.2, 0.25) is 0 Å². The SMILES string of the molecule is CC1S[C@@H]2[C@H](NC(=O)CCC[C@@H](N)C(=O)O)C(=O)N2C(C(=O)O)=C1O. The third kappa shape index (κ3) is 3.71. The van der Waals surface area contributed by atoms with Crippen molar-refractivity contribution in [3.8, 4) is 0 Å². The van der Waals surface area contributed by atoms with Crippen LogP contribution in [0.15, 0.2) is 11.5 Å². The number of carboxylic acids is 2. The van der Waals surface area contributed by atoms with Crippen LogP contribution in [0.25, 0.3) is 0 Å². The van der Waals surface area contributed by atoms with Crippen LogP contribution in [0.1, 0.15) is 26.2 Å². The summed E-state index contributed by atoms with van der Waals surface area (Å²) in [5, 5.41) is 29.1. The summed E-state index contributed by atoms with van der Waals surface area (Å²) in [5.41, 5.74) is 4.88. The molecule has 2 rings (SSSR count). The number of β-lactam (4-membered cyclic amide) rings is 1. The molecule has 2 heterocycles. The van der Waals surface area contributed by atoms with Gasteiger partial charge in [0, 0.05) is 6.42 Å². The molecule has 1 unspecified atom stereocenters. The molecule has 25 heavy (non-hydrogen) atoms. The van der Waals surface area contributed by atoms with Crippen LogP contribution >= 0.6 is 11.8 Å². The fraction of sp³-hybridized carbons (Fsp3) is 0.571. The average molecular weight is 373 g/mol. The smallest absolute Gasteiger partial charge is 0.356 e. The van der Waals surface area contributed by atoms with E-state index in [1.165, 1.54) is 11.8 Å². The predicted molar refractivity (Wildman–Crippen MR) is 86.4 cm³/mol. The first kappa shape index (κ1) is 19.1. The molecule has 0 spiro atoms. The zero-order valence-electron chi connectivity index (χ0n) is 13.3.